The lowest BCUT2D eigenvalue weighted by Crippen LogP contribution is -2.34. The molecule has 25 heavy (non-hydrogen) atoms. The second-order valence-electron chi connectivity index (χ2n) is 7.82. The fourth-order valence-corrected chi connectivity index (χ4v) is 4.83. The number of benzene rings is 1. The maximum absolute atomic E-state index is 6.51. The summed E-state index contributed by atoms with van der Waals surface area (Å²) in [6.45, 7) is 3.82. The summed E-state index contributed by atoms with van der Waals surface area (Å²) in [4.78, 5) is 0. The molecule has 1 aromatic heterocycles. The number of piperidine rings is 1. The maximum Gasteiger partial charge on any atom is 0.0896 e. The Morgan fingerprint density at radius 2 is 2.20 bits per heavy atom. The first-order chi connectivity index (χ1) is 12.2. The summed E-state index contributed by atoms with van der Waals surface area (Å²) in [5.74, 6) is 1.32. The van der Waals surface area contributed by atoms with Crippen molar-refractivity contribution in [2.45, 2.75) is 57.3 Å². The number of hydrogen-bond donors (Lipinski definition) is 1. The first-order valence-corrected chi connectivity index (χ1v) is 9.75. The molecular weight excluding hydrogens is 334 g/mol. The van der Waals surface area contributed by atoms with E-state index in [1.54, 1.807) is 0 Å². The van der Waals surface area contributed by atoms with Crippen LogP contribution in [0.5, 0.6) is 0 Å². The van der Waals surface area contributed by atoms with Gasteiger partial charge in [-0.1, -0.05) is 23.7 Å². The molecule has 2 aromatic rings. The van der Waals surface area contributed by atoms with Gasteiger partial charge < -0.3 is 10.1 Å². The molecule has 3 aliphatic rings. The number of para-hydroxylation sites is 1. The Bertz CT molecular complexity index is 778. The zero-order valence-corrected chi connectivity index (χ0v) is 15.3. The van der Waals surface area contributed by atoms with E-state index in [9.17, 15) is 0 Å². The third kappa shape index (κ3) is 2.80. The molecule has 2 saturated carbocycles. The van der Waals surface area contributed by atoms with Crippen molar-refractivity contribution >= 4 is 11.6 Å². The highest BCUT2D eigenvalue weighted by molar-refractivity contribution is 6.32. The second-order valence-corrected chi connectivity index (χ2v) is 8.23. The highest BCUT2D eigenvalue weighted by Gasteiger charge is 2.40. The third-order valence-electron chi connectivity index (χ3n) is 6.05. The largest absolute Gasteiger partial charge is 0.372 e. The Morgan fingerprint density at radius 1 is 1.32 bits per heavy atom. The lowest BCUT2D eigenvalue weighted by molar-refractivity contribution is 0.00686. The Hall–Kier alpha value is -1.36. The number of ether oxygens (including phenoxy) is 1. The first-order valence-electron chi connectivity index (χ1n) is 9.38. The van der Waals surface area contributed by atoms with Crippen LogP contribution in [0.1, 0.15) is 48.4 Å². The van der Waals surface area contributed by atoms with E-state index >= 15 is 0 Å². The third-order valence-corrected chi connectivity index (χ3v) is 6.36. The van der Waals surface area contributed by atoms with E-state index in [0.29, 0.717) is 30.6 Å². The normalized spacial score (nSPS) is 28.0. The topological polar surface area (TPSA) is 39.1 Å². The summed E-state index contributed by atoms with van der Waals surface area (Å²) in [6.07, 6.45) is 7.35. The van der Waals surface area contributed by atoms with Crippen LogP contribution in [0.25, 0.3) is 5.69 Å². The number of hydrogen-bond acceptors (Lipinski definition) is 3. The molecule has 3 fully saturated rings. The molecule has 2 heterocycles. The Morgan fingerprint density at radius 3 is 2.88 bits per heavy atom. The summed E-state index contributed by atoms with van der Waals surface area (Å²) < 4.78 is 8.42. The molecule has 0 radical (unpaired) electrons. The van der Waals surface area contributed by atoms with Crippen molar-refractivity contribution in [3.63, 3.8) is 0 Å². The van der Waals surface area contributed by atoms with Gasteiger partial charge in [-0.15, -0.1) is 0 Å². The molecule has 2 aliphatic carbocycles. The van der Waals surface area contributed by atoms with Gasteiger partial charge in [0.2, 0.25) is 0 Å². The van der Waals surface area contributed by atoms with Gasteiger partial charge in [0.1, 0.15) is 0 Å². The fourth-order valence-electron chi connectivity index (χ4n) is 4.53. The van der Waals surface area contributed by atoms with Crippen LogP contribution in [-0.2, 0) is 11.3 Å². The number of nitrogens with one attached hydrogen (secondary N) is 1. The number of aromatic nitrogens is 2. The molecule has 132 valence electrons. The predicted molar refractivity (Wildman–Crippen MR) is 98.4 cm³/mol. The van der Waals surface area contributed by atoms with Crippen LogP contribution in [0.4, 0.5) is 0 Å². The van der Waals surface area contributed by atoms with Crippen molar-refractivity contribution in [2.24, 2.45) is 5.92 Å². The van der Waals surface area contributed by atoms with Crippen LogP contribution in [-0.4, -0.2) is 28.5 Å². The van der Waals surface area contributed by atoms with Crippen LogP contribution >= 0.6 is 11.6 Å². The second kappa shape index (κ2) is 6.11. The van der Waals surface area contributed by atoms with Crippen LogP contribution in [0.3, 0.4) is 0 Å². The number of aryl methyl sites for hydroxylation is 1. The molecule has 1 aliphatic heterocycles. The number of nitrogens with zero attached hydrogens (tertiary/aromatic N) is 2. The van der Waals surface area contributed by atoms with E-state index in [0.717, 1.165) is 29.2 Å². The van der Waals surface area contributed by atoms with Gasteiger partial charge in [-0.25, -0.2) is 4.68 Å². The molecule has 0 amide bonds. The van der Waals surface area contributed by atoms with E-state index in [4.69, 9.17) is 21.4 Å². The highest BCUT2D eigenvalue weighted by atomic mass is 35.5. The van der Waals surface area contributed by atoms with E-state index in [-0.39, 0.29) is 0 Å². The monoisotopic (exact) mass is 357 g/mol. The smallest absolute Gasteiger partial charge is 0.0896 e. The minimum Gasteiger partial charge on any atom is -0.372 e. The molecule has 3 atom stereocenters. The quantitative estimate of drug-likeness (QED) is 0.879. The molecule has 2 bridgehead atoms. The first kappa shape index (κ1) is 15.9. The molecule has 0 spiro atoms. The summed E-state index contributed by atoms with van der Waals surface area (Å²) >= 11 is 6.51. The van der Waals surface area contributed by atoms with Crippen molar-refractivity contribution in [1.82, 2.24) is 15.1 Å². The zero-order valence-electron chi connectivity index (χ0n) is 14.5. The molecule has 1 saturated heterocycles. The van der Waals surface area contributed by atoms with Crippen molar-refractivity contribution in [3.8, 4) is 5.69 Å². The molecule has 1 aromatic carbocycles. The van der Waals surface area contributed by atoms with Crippen LogP contribution in [0, 0.1) is 12.8 Å². The molecular formula is C20H24ClN3O. The lowest BCUT2D eigenvalue weighted by Gasteiger charge is -2.23. The van der Waals surface area contributed by atoms with Crippen molar-refractivity contribution < 1.29 is 4.74 Å². The van der Waals surface area contributed by atoms with Crippen molar-refractivity contribution in [2.75, 3.05) is 6.54 Å². The van der Waals surface area contributed by atoms with E-state index in [1.807, 2.05) is 23.0 Å². The van der Waals surface area contributed by atoms with Crippen LogP contribution in [0.2, 0.25) is 5.02 Å². The lowest BCUT2D eigenvalue weighted by atomic mass is 10.1. The van der Waals surface area contributed by atoms with Crippen LogP contribution in [0.15, 0.2) is 24.4 Å². The predicted octanol–water partition coefficient (Wildman–Crippen LogP) is 3.98. The minimum atomic E-state index is 0.383. The van der Waals surface area contributed by atoms with Crippen molar-refractivity contribution in [3.05, 3.63) is 46.2 Å². The Kier molecular flexibility index (Phi) is 3.88. The Balaban J connectivity index is 1.46. The van der Waals surface area contributed by atoms with Gasteiger partial charge in [0, 0.05) is 12.6 Å². The van der Waals surface area contributed by atoms with Gasteiger partial charge in [-0.2, -0.15) is 5.10 Å². The average molecular weight is 358 g/mol. The van der Waals surface area contributed by atoms with Crippen molar-refractivity contribution in [1.29, 1.82) is 0 Å². The summed E-state index contributed by atoms with van der Waals surface area (Å²) in [5.41, 5.74) is 4.67. The zero-order chi connectivity index (χ0) is 17.0. The van der Waals surface area contributed by atoms with Gasteiger partial charge >= 0.3 is 0 Å². The molecule has 0 unspecified atom stereocenters. The molecule has 5 rings (SSSR count). The van der Waals surface area contributed by atoms with Gasteiger partial charge in [-0.05, 0) is 61.6 Å². The SMILES string of the molecule is Cc1cccc(Cl)c1-n1ncc(C2CC2)c1CO[C@@H]1C[C@@H]2C[C@H]1CN2. The number of fused-ring (bicyclic) bond motifs is 2. The maximum atomic E-state index is 6.51. The van der Waals surface area contributed by atoms with E-state index < -0.39 is 0 Å². The Labute approximate surface area is 153 Å². The van der Waals surface area contributed by atoms with E-state index in [1.165, 1.54) is 30.5 Å². The fraction of sp³-hybridized carbons (Fsp3) is 0.550. The summed E-state index contributed by atoms with van der Waals surface area (Å²) in [6, 6.07) is 6.68. The number of halogens is 1. The van der Waals surface area contributed by atoms with Gasteiger partial charge in [-0.3, -0.25) is 0 Å². The summed E-state index contributed by atoms with van der Waals surface area (Å²) in [5, 5.41) is 9.00. The molecule has 5 heteroatoms. The van der Waals surface area contributed by atoms with Gasteiger partial charge in [0.05, 0.1) is 35.3 Å². The van der Waals surface area contributed by atoms with Crippen LogP contribution < -0.4 is 5.32 Å². The number of rotatable bonds is 5. The molecule has 4 nitrogen and oxygen atoms in total. The van der Waals surface area contributed by atoms with Gasteiger partial charge in [0.25, 0.3) is 0 Å². The standard InChI is InChI=1S/C20H24ClN3O/c1-12-3-2-4-17(21)20(12)24-18(16(10-23-24)13-5-6-13)11-25-19-8-15-7-14(19)9-22-15/h2-4,10,13-15,19,22H,5-9,11H2,1H3/t14-,15-,19+/m0/s1. The minimum absolute atomic E-state index is 0.383. The van der Waals surface area contributed by atoms with Gasteiger partial charge in [0.15, 0.2) is 0 Å². The molecule has 1 N–H and O–H groups in total. The summed E-state index contributed by atoms with van der Waals surface area (Å²) in [7, 11) is 0. The highest BCUT2D eigenvalue weighted by Crippen LogP contribution is 2.43. The van der Waals surface area contributed by atoms with E-state index in [2.05, 4.69) is 18.3 Å². The average Bonchev–Trinajstić information content (AvgIpc) is 3.03.